The van der Waals surface area contributed by atoms with E-state index in [9.17, 15) is 4.79 Å². The maximum atomic E-state index is 12.7. The molecule has 0 aliphatic heterocycles. The fourth-order valence-electron chi connectivity index (χ4n) is 2.29. The van der Waals surface area contributed by atoms with Gasteiger partial charge in [-0.2, -0.15) is 10.5 Å². The zero-order valence-electron chi connectivity index (χ0n) is 13.6. The summed E-state index contributed by atoms with van der Waals surface area (Å²) < 4.78 is 7.43. The molecule has 0 fully saturated rings. The van der Waals surface area contributed by atoms with Crippen LogP contribution in [0, 0.1) is 29.6 Å². The van der Waals surface area contributed by atoms with Crippen LogP contribution < -0.4 is 14.8 Å². The molecule has 0 saturated heterocycles. The summed E-state index contributed by atoms with van der Waals surface area (Å²) in [5.41, 5.74) is 1.78. The van der Waals surface area contributed by atoms with Crippen LogP contribution in [0.2, 0.25) is 0 Å². The highest BCUT2D eigenvalue weighted by molar-refractivity contribution is 7.07. The molecule has 1 heterocycles. The maximum Gasteiger partial charge on any atom is 0.269 e. The molecule has 2 aromatic rings. The highest BCUT2D eigenvalue weighted by atomic mass is 32.1. The lowest BCUT2D eigenvalue weighted by atomic mass is 10.1. The van der Waals surface area contributed by atoms with Crippen LogP contribution in [-0.2, 0) is 11.3 Å². The van der Waals surface area contributed by atoms with Crippen molar-refractivity contribution >= 4 is 23.0 Å². The summed E-state index contributed by atoms with van der Waals surface area (Å²) in [4.78, 5) is 12.7. The molecular weight excluding hydrogens is 322 g/mol. The van der Waals surface area contributed by atoms with E-state index < -0.39 is 0 Å². The molecule has 0 aliphatic rings. The van der Waals surface area contributed by atoms with Gasteiger partial charge >= 0.3 is 0 Å². The summed E-state index contributed by atoms with van der Waals surface area (Å²) in [6.45, 7) is 2.89. The van der Waals surface area contributed by atoms with Gasteiger partial charge in [0.2, 0.25) is 0 Å². The Labute approximate surface area is 144 Å². The van der Waals surface area contributed by atoms with Crippen molar-refractivity contribution in [2.24, 2.45) is 0 Å². The molecule has 0 radical (unpaired) electrons. The number of methoxy groups -OCH3 is 1. The van der Waals surface area contributed by atoms with Crippen molar-refractivity contribution in [3.05, 3.63) is 54.9 Å². The molecule has 0 bridgehead atoms. The molecule has 122 valence electrons. The average Bonchev–Trinajstić information content (AvgIpc) is 2.88. The van der Waals surface area contributed by atoms with Crippen LogP contribution >= 0.6 is 11.3 Å². The van der Waals surface area contributed by atoms with E-state index in [1.54, 1.807) is 7.11 Å². The summed E-state index contributed by atoms with van der Waals surface area (Å²) in [7, 11) is 1.59. The first kappa shape index (κ1) is 17.7. The molecule has 1 aromatic heterocycles. The fourth-order valence-corrected chi connectivity index (χ4v) is 3.36. The summed E-state index contributed by atoms with van der Waals surface area (Å²) in [6.07, 6.45) is 2.44. The number of aromatic nitrogens is 1. The van der Waals surface area contributed by atoms with Crippen molar-refractivity contribution in [2.75, 3.05) is 13.7 Å². The minimum atomic E-state index is -0.183. The molecule has 0 saturated carbocycles. The fraction of sp³-hybridized carbons (Fsp3) is 0.278. The third-order valence-electron chi connectivity index (χ3n) is 3.55. The molecule has 6 heteroatoms. The monoisotopic (exact) mass is 339 g/mol. The number of benzene rings is 1. The number of thiazole rings is 1. The van der Waals surface area contributed by atoms with Gasteiger partial charge in [0.05, 0.1) is 4.53 Å². The van der Waals surface area contributed by atoms with Gasteiger partial charge in [-0.1, -0.05) is 24.3 Å². The zero-order valence-corrected chi connectivity index (χ0v) is 14.4. The van der Waals surface area contributed by atoms with Crippen molar-refractivity contribution in [1.82, 2.24) is 4.57 Å². The second-order valence-electron chi connectivity index (χ2n) is 5.17. The molecule has 0 aliphatic carbocycles. The predicted molar refractivity (Wildman–Crippen MR) is 93.7 cm³/mol. The number of ether oxygens (including phenoxy) is 1. The van der Waals surface area contributed by atoms with E-state index in [-0.39, 0.29) is 11.1 Å². The van der Waals surface area contributed by atoms with Gasteiger partial charge in [-0.05, 0) is 30.5 Å². The molecule has 2 rings (SSSR count). The lowest BCUT2D eigenvalue weighted by Crippen LogP contribution is -2.32. The van der Waals surface area contributed by atoms with Gasteiger partial charge in [0, 0.05) is 20.3 Å². The number of hydrogen-bond acceptors (Lipinski definition) is 5. The molecule has 1 aromatic carbocycles. The summed E-state index contributed by atoms with van der Waals surface area (Å²) >= 11 is 1.18. The quantitative estimate of drug-likeness (QED) is 0.769. The van der Waals surface area contributed by atoms with Gasteiger partial charge in [0.15, 0.2) is 5.57 Å². The first-order valence-corrected chi connectivity index (χ1v) is 8.24. The van der Waals surface area contributed by atoms with Gasteiger partial charge < -0.3 is 4.74 Å². The van der Waals surface area contributed by atoms with E-state index in [2.05, 4.69) is 0 Å². The van der Waals surface area contributed by atoms with Gasteiger partial charge in [-0.25, -0.2) is 0 Å². The van der Waals surface area contributed by atoms with E-state index in [1.807, 2.05) is 49.4 Å². The van der Waals surface area contributed by atoms with Crippen molar-refractivity contribution < 1.29 is 4.74 Å². The number of nitrogens with zero attached hydrogens (tertiary/aromatic N) is 3. The Morgan fingerprint density at radius 3 is 2.67 bits per heavy atom. The van der Waals surface area contributed by atoms with Gasteiger partial charge in [-0.3, -0.25) is 9.36 Å². The molecule has 0 atom stereocenters. The van der Waals surface area contributed by atoms with Crippen LogP contribution in [0.5, 0.6) is 0 Å². The number of hydrogen-bond donors (Lipinski definition) is 0. The molecule has 0 spiro atoms. The summed E-state index contributed by atoms with van der Waals surface area (Å²) in [5.74, 6) is 0. The van der Waals surface area contributed by atoms with Crippen LogP contribution in [0.15, 0.2) is 29.1 Å². The molecule has 0 N–H and O–H groups in total. The van der Waals surface area contributed by atoms with Crippen LogP contribution in [0.3, 0.4) is 0 Å². The number of nitriles is 2. The standard InChI is InChI=1S/C18H17N3O2S/c1-13-6-3-4-7-14(13)10-16-17(22)21(8-5-9-23-2)18(24-16)15(11-19)12-20/h3-4,6-7,10H,5,8-9H2,1-2H3/b16-10-. The lowest BCUT2D eigenvalue weighted by molar-refractivity contribution is 0.190. The molecule has 0 unspecified atom stereocenters. The van der Waals surface area contributed by atoms with Crippen LogP contribution in [0.25, 0.3) is 11.6 Å². The van der Waals surface area contributed by atoms with Gasteiger partial charge in [-0.15, -0.1) is 11.3 Å². The van der Waals surface area contributed by atoms with E-state index in [0.29, 0.717) is 28.8 Å². The minimum absolute atomic E-state index is 0.0426. The Balaban J connectivity index is 2.69. The van der Waals surface area contributed by atoms with Crippen LogP contribution in [0.4, 0.5) is 0 Å². The van der Waals surface area contributed by atoms with E-state index >= 15 is 0 Å². The largest absolute Gasteiger partial charge is 0.385 e. The molecule has 5 nitrogen and oxygen atoms in total. The molecular formula is C18H17N3O2S. The highest BCUT2D eigenvalue weighted by Crippen LogP contribution is 2.07. The third kappa shape index (κ3) is 3.80. The highest BCUT2D eigenvalue weighted by Gasteiger charge is 2.09. The number of aryl methyl sites for hydroxylation is 1. The number of rotatable bonds is 5. The second kappa shape index (κ2) is 8.26. The Hall–Kier alpha value is -2.67. The second-order valence-corrected chi connectivity index (χ2v) is 6.20. The normalized spacial score (nSPS) is 11.1. The zero-order chi connectivity index (χ0) is 17.5. The lowest BCUT2D eigenvalue weighted by Gasteiger charge is -2.01. The maximum absolute atomic E-state index is 12.7. The van der Waals surface area contributed by atoms with Crippen molar-refractivity contribution in [3.8, 4) is 12.1 Å². The Morgan fingerprint density at radius 2 is 2.04 bits per heavy atom. The van der Waals surface area contributed by atoms with E-state index in [0.717, 1.165) is 11.1 Å². The summed E-state index contributed by atoms with van der Waals surface area (Å²) in [6, 6.07) is 11.5. The van der Waals surface area contributed by atoms with Gasteiger partial charge in [0.25, 0.3) is 5.56 Å². The Bertz CT molecular complexity index is 971. The SMILES string of the molecule is COCCCn1c(=C(C#N)C#N)s/c(=C\c2ccccc2C)c1=O. The summed E-state index contributed by atoms with van der Waals surface area (Å²) in [5, 5.41) is 18.3. The third-order valence-corrected chi connectivity index (χ3v) is 4.68. The smallest absolute Gasteiger partial charge is 0.269 e. The first-order valence-electron chi connectivity index (χ1n) is 7.42. The minimum Gasteiger partial charge on any atom is -0.385 e. The van der Waals surface area contributed by atoms with E-state index in [1.165, 1.54) is 15.9 Å². The molecule has 24 heavy (non-hydrogen) atoms. The first-order chi connectivity index (χ1) is 11.6. The average molecular weight is 339 g/mol. The van der Waals surface area contributed by atoms with Crippen LogP contribution in [0.1, 0.15) is 17.5 Å². The van der Waals surface area contributed by atoms with Gasteiger partial charge in [0.1, 0.15) is 16.8 Å². The Morgan fingerprint density at radius 1 is 1.33 bits per heavy atom. The van der Waals surface area contributed by atoms with Crippen LogP contribution in [-0.4, -0.2) is 18.3 Å². The van der Waals surface area contributed by atoms with Crippen molar-refractivity contribution in [2.45, 2.75) is 19.9 Å². The van der Waals surface area contributed by atoms with E-state index in [4.69, 9.17) is 15.3 Å². The molecule has 0 amide bonds. The topological polar surface area (TPSA) is 78.8 Å². The Kier molecular flexibility index (Phi) is 6.08. The van der Waals surface area contributed by atoms with Crippen molar-refractivity contribution in [1.29, 1.82) is 10.5 Å². The predicted octanol–water partition coefficient (Wildman–Crippen LogP) is 1.28. The van der Waals surface area contributed by atoms with Crippen molar-refractivity contribution in [3.63, 3.8) is 0 Å².